The minimum absolute atomic E-state index is 0.00467. The van der Waals surface area contributed by atoms with Gasteiger partial charge < -0.3 is 14.8 Å². The summed E-state index contributed by atoms with van der Waals surface area (Å²) in [5.41, 5.74) is 0.714. The molecule has 0 aliphatic rings. The molecule has 4 aromatic rings. The molecule has 0 aliphatic heterocycles. The van der Waals surface area contributed by atoms with Crippen molar-refractivity contribution < 1.29 is 23.9 Å². The van der Waals surface area contributed by atoms with Gasteiger partial charge in [-0.2, -0.15) is 0 Å². The molecule has 0 saturated carbocycles. The maximum Gasteiger partial charge on any atom is 0.339 e. The molecule has 1 N–H and O–H groups in total. The number of aromatic nitrogens is 2. The molecule has 2 aromatic carbocycles. The zero-order chi connectivity index (χ0) is 24.9. The Morgan fingerprint density at radius 3 is 2.34 bits per heavy atom. The van der Waals surface area contributed by atoms with Gasteiger partial charge in [0.1, 0.15) is 11.2 Å². The highest BCUT2D eigenvalue weighted by Gasteiger charge is 2.21. The van der Waals surface area contributed by atoms with E-state index < -0.39 is 23.4 Å². The average molecular weight is 471 g/mol. The normalized spacial score (nSPS) is 10.6. The summed E-state index contributed by atoms with van der Waals surface area (Å²) in [6.45, 7) is 0.208. The lowest BCUT2D eigenvalue weighted by Gasteiger charge is -2.14. The fraction of sp³-hybridized carbons (Fsp3) is 0.115. The number of ether oxygens (including phenoxy) is 2. The van der Waals surface area contributed by atoms with Crippen LogP contribution in [0.3, 0.4) is 0 Å². The van der Waals surface area contributed by atoms with Crippen LogP contribution >= 0.6 is 0 Å². The summed E-state index contributed by atoms with van der Waals surface area (Å²) in [5, 5.41) is 3.16. The zero-order valence-electron chi connectivity index (χ0n) is 19.0. The van der Waals surface area contributed by atoms with Crippen LogP contribution in [-0.4, -0.2) is 41.6 Å². The lowest BCUT2D eigenvalue weighted by atomic mass is 10.1. The van der Waals surface area contributed by atoms with Gasteiger partial charge in [0, 0.05) is 11.6 Å². The highest BCUT2D eigenvalue weighted by molar-refractivity contribution is 6.09. The third kappa shape index (κ3) is 4.79. The first kappa shape index (κ1) is 23.4. The second kappa shape index (κ2) is 10.0. The molecule has 0 fully saturated rings. The number of fused-ring (bicyclic) bond motifs is 1. The van der Waals surface area contributed by atoms with E-state index in [0.29, 0.717) is 11.0 Å². The summed E-state index contributed by atoms with van der Waals surface area (Å²) in [5.74, 6) is -2.13. The lowest BCUT2D eigenvalue weighted by molar-refractivity contribution is 0.0587. The number of carbonyl (C=O) groups excluding carboxylic acids is 3. The van der Waals surface area contributed by atoms with Crippen molar-refractivity contribution in [2.24, 2.45) is 0 Å². The number of hydrogen-bond acceptors (Lipinski definition) is 7. The predicted molar refractivity (Wildman–Crippen MR) is 129 cm³/mol. The Morgan fingerprint density at radius 1 is 0.886 bits per heavy atom. The third-order valence-electron chi connectivity index (χ3n) is 5.37. The number of pyridine rings is 2. The van der Waals surface area contributed by atoms with E-state index in [4.69, 9.17) is 9.47 Å². The van der Waals surface area contributed by atoms with Crippen molar-refractivity contribution in [2.75, 3.05) is 19.5 Å². The van der Waals surface area contributed by atoms with E-state index >= 15 is 0 Å². The first-order valence-corrected chi connectivity index (χ1v) is 10.6. The van der Waals surface area contributed by atoms with Crippen LogP contribution in [0.2, 0.25) is 0 Å². The number of amides is 1. The van der Waals surface area contributed by atoms with Crippen LogP contribution in [0.4, 0.5) is 5.69 Å². The molecule has 0 saturated heterocycles. The standard InChI is InChI=1S/C26H21N3O6/c1-34-25(32)18-10-11-19(26(33)35-2)21(14-18)28-23(30)20-13-17-9-6-12-27-22(17)29(24(20)31)15-16-7-4-3-5-8-16/h3-14H,15H2,1-2H3,(H,28,30). The van der Waals surface area contributed by atoms with Crippen molar-refractivity contribution in [3.63, 3.8) is 0 Å². The van der Waals surface area contributed by atoms with Crippen molar-refractivity contribution in [2.45, 2.75) is 6.54 Å². The smallest absolute Gasteiger partial charge is 0.339 e. The van der Waals surface area contributed by atoms with Crippen LogP contribution in [0.15, 0.2) is 77.7 Å². The van der Waals surface area contributed by atoms with Crippen LogP contribution in [0.5, 0.6) is 0 Å². The van der Waals surface area contributed by atoms with Crippen LogP contribution in [0.25, 0.3) is 11.0 Å². The van der Waals surface area contributed by atoms with E-state index in [0.717, 1.165) is 5.56 Å². The van der Waals surface area contributed by atoms with Crippen molar-refractivity contribution in [3.8, 4) is 0 Å². The number of anilines is 1. The molecule has 9 heteroatoms. The van der Waals surface area contributed by atoms with Gasteiger partial charge in [0.15, 0.2) is 0 Å². The van der Waals surface area contributed by atoms with Gasteiger partial charge >= 0.3 is 11.9 Å². The highest BCUT2D eigenvalue weighted by Crippen LogP contribution is 2.21. The second-order valence-corrected chi connectivity index (χ2v) is 7.55. The Labute approximate surface area is 199 Å². The molecule has 176 valence electrons. The molecule has 0 atom stereocenters. The van der Waals surface area contributed by atoms with Crippen molar-refractivity contribution >= 4 is 34.6 Å². The van der Waals surface area contributed by atoms with Crippen molar-refractivity contribution in [3.05, 3.63) is 106 Å². The summed E-state index contributed by atoms with van der Waals surface area (Å²) in [7, 11) is 2.41. The fourth-order valence-electron chi connectivity index (χ4n) is 3.65. The van der Waals surface area contributed by atoms with E-state index in [2.05, 4.69) is 10.3 Å². The van der Waals surface area contributed by atoms with Crippen molar-refractivity contribution in [1.82, 2.24) is 9.55 Å². The second-order valence-electron chi connectivity index (χ2n) is 7.55. The first-order chi connectivity index (χ1) is 16.9. The maximum absolute atomic E-state index is 13.4. The minimum atomic E-state index is -0.755. The predicted octanol–water partition coefficient (Wildman–Crippen LogP) is 3.27. The SMILES string of the molecule is COC(=O)c1ccc(C(=O)OC)c(NC(=O)c2cc3cccnc3n(Cc3ccccc3)c2=O)c1. The quantitative estimate of drug-likeness (QED) is 0.429. The molecule has 0 spiro atoms. The number of nitrogens with zero attached hydrogens (tertiary/aromatic N) is 2. The molecule has 0 aliphatic carbocycles. The molecule has 0 radical (unpaired) electrons. The minimum Gasteiger partial charge on any atom is -0.465 e. The van der Waals surface area contributed by atoms with Crippen LogP contribution < -0.4 is 10.9 Å². The van der Waals surface area contributed by atoms with Crippen LogP contribution in [0.1, 0.15) is 36.6 Å². The van der Waals surface area contributed by atoms with Gasteiger partial charge in [-0.1, -0.05) is 30.3 Å². The molecule has 1 amide bonds. The molecule has 9 nitrogen and oxygen atoms in total. The summed E-state index contributed by atoms with van der Waals surface area (Å²) < 4.78 is 10.9. The van der Waals surface area contributed by atoms with Crippen molar-refractivity contribution in [1.29, 1.82) is 0 Å². The van der Waals surface area contributed by atoms with Gasteiger partial charge in [-0.3, -0.25) is 14.2 Å². The fourth-order valence-corrected chi connectivity index (χ4v) is 3.65. The number of carbonyl (C=O) groups is 3. The van der Waals surface area contributed by atoms with Gasteiger partial charge in [-0.05, 0) is 42.0 Å². The molecular weight excluding hydrogens is 450 g/mol. The monoisotopic (exact) mass is 471 g/mol. The number of methoxy groups -OCH3 is 2. The van der Waals surface area contributed by atoms with Gasteiger partial charge in [-0.15, -0.1) is 0 Å². The molecule has 2 aromatic heterocycles. The van der Waals surface area contributed by atoms with Gasteiger partial charge in [0.2, 0.25) is 0 Å². The number of rotatable bonds is 6. The average Bonchev–Trinajstić information content (AvgIpc) is 2.89. The summed E-state index contributed by atoms with van der Waals surface area (Å²) in [4.78, 5) is 55.2. The molecule has 0 bridgehead atoms. The Bertz CT molecular complexity index is 1490. The largest absolute Gasteiger partial charge is 0.465 e. The number of esters is 2. The molecule has 0 unspecified atom stereocenters. The third-order valence-corrected chi connectivity index (χ3v) is 5.37. The summed E-state index contributed by atoms with van der Waals surface area (Å²) in [6, 6.07) is 18.2. The van der Waals surface area contributed by atoms with E-state index in [1.807, 2.05) is 30.3 Å². The Morgan fingerprint density at radius 2 is 1.63 bits per heavy atom. The number of benzene rings is 2. The van der Waals surface area contributed by atoms with Gasteiger partial charge in [0.25, 0.3) is 11.5 Å². The summed E-state index contributed by atoms with van der Waals surface area (Å²) in [6.07, 6.45) is 1.57. The Hall–Kier alpha value is -4.79. The van der Waals surface area contributed by atoms with Crippen LogP contribution in [0, 0.1) is 0 Å². The Balaban J connectivity index is 1.80. The van der Waals surface area contributed by atoms with Crippen LogP contribution in [-0.2, 0) is 16.0 Å². The molecule has 2 heterocycles. The van der Waals surface area contributed by atoms with E-state index in [9.17, 15) is 19.2 Å². The molecule has 4 rings (SSSR count). The molecular formula is C26H21N3O6. The van der Waals surface area contributed by atoms with E-state index in [1.165, 1.54) is 43.1 Å². The topological polar surface area (TPSA) is 117 Å². The number of nitrogens with one attached hydrogen (secondary N) is 1. The summed E-state index contributed by atoms with van der Waals surface area (Å²) >= 11 is 0. The van der Waals surface area contributed by atoms with E-state index in [1.54, 1.807) is 18.3 Å². The van der Waals surface area contributed by atoms with Gasteiger partial charge in [-0.25, -0.2) is 14.6 Å². The van der Waals surface area contributed by atoms with E-state index in [-0.39, 0.29) is 28.9 Å². The zero-order valence-corrected chi connectivity index (χ0v) is 19.0. The number of hydrogen-bond donors (Lipinski definition) is 1. The Kier molecular flexibility index (Phi) is 6.68. The first-order valence-electron chi connectivity index (χ1n) is 10.6. The maximum atomic E-state index is 13.4. The van der Waals surface area contributed by atoms with Gasteiger partial charge in [0.05, 0.1) is 37.6 Å². The highest BCUT2D eigenvalue weighted by atomic mass is 16.5. The lowest BCUT2D eigenvalue weighted by Crippen LogP contribution is -2.30. The molecule has 35 heavy (non-hydrogen) atoms.